The van der Waals surface area contributed by atoms with E-state index in [0.717, 1.165) is 45.2 Å². The van der Waals surface area contributed by atoms with Crippen LogP contribution in [0.5, 0.6) is 0 Å². The predicted octanol–water partition coefficient (Wildman–Crippen LogP) is 0.599. The molecule has 2 fully saturated rings. The first-order chi connectivity index (χ1) is 9.05. The SMILES string of the molecule is O=S(=O)(CCC1CCNCC1)NC1CCC(O)CC1. The number of nitrogens with one attached hydrogen (secondary N) is 2. The molecule has 1 saturated heterocycles. The Morgan fingerprint density at radius 3 is 2.32 bits per heavy atom. The standard InChI is InChI=1S/C13H26N2O3S/c16-13-3-1-12(2-4-13)15-19(17,18)10-7-11-5-8-14-9-6-11/h11-16H,1-10H2. The summed E-state index contributed by atoms with van der Waals surface area (Å²) < 4.78 is 26.9. The van der Waals surface area contributed by atoms with Gasteiger partial charge in [-0.25, -0.2) is 13.1 Å². The van der Waals surface area contributed by atoms with Crippen molar-refractivity contribution in [2.45, 2.75) is 57.1 Å². The van der Waals surface area contributed by atoms with Crippen molar-refractivity contribution in [3.8, 4) is 0 Å². The summed E-state index contributed by atoms with van der Waals surface area (Å²) in [5.74, 6) is 0.794. The molecule has 6 heteroatoms. The van der Waals surface area contributed by atoms with Crippen molar-refractivity contribution in [1.82, 2.24) is 10.0 Å². The molecule has 0 amide bonds. The van der Waals surface area contributed by atoms with Crippen LogP contribution in [-0.4, -0.2) is 44.5 Å². The molecule has 1 aliphatic heterocycles. The Bertz CT molecular complexity index is 358. The van der Waals surface area contributed by atoms with Gasteiger partial charge in [0.1, 0.15) is 0 Å². The molecule has 1 saturated carbocycles. The largest absolute Gasteiger partial charge is 0.393 e. The number of sulfonamides is 1. The highest BCUT2D eigenvalue weighted by atomic mass is 32.2. The first-order valence-corrected chi connectivity index (χ1v) is 9.09. The summed E-state index contributed by atoms with van der Waals surface area (Å²) in [6.07, 6.45) is 5.64. The van der Waals surface area contributed by atoms with Crippen molar-refractivity contribution in [1.29, 1.82) is 0 Å². The number of aliphatic hydroxyl groups is 1. The monoisotopic (exact) mass is 290 g/mol. The Labute approximate surface area is 116 Å². The highest BCUT2D eigenvalue weighted by Gasteiger charge is 2.24. The Balaban J connectivity index is 1.72. The summed E-state index contributed by atoms with van der Waals surface area (Å²) in [7, 11) is -3.15. The average Bonchev–Trinajstić information content (AvgIpc) is 2.40. The van der Waals surface area contributed by atoms with Crippen LogP contribution >= 0.6 is 0 Å². The van der Waals surface area contributed by atoms with Gasteiger partial charge in [-0.2, -0.15) is 0 Å². The average molecular weight is 290 g/mol. The Morgan fingerprint density at radius 2 is 1.68 bits per heavy atom. The molecule has 0 aromatic heterocycles. The molecule has 2 aliphatic rings. The van der Waals surface area contributed by atoms with Gasteiger partial charge >= 0.3 is 0 Å². The maximum atomic E-state index is 12.0. The quantitative estimate of drug-likeness (QED) is 0.693. The Kier molecular flexibility index (Phi) is 5.62. The molecule has 0 radical (unpaired) electrons. The number of hydrogen-bond donors (Lipinski definition) is 3. The Hall–Kier alpha value is -0.170. The van der Waals surface area contributed by atoms with Gasteiger partial charge in [-0.15, -0.1) is 0 Å². The van der Waals surface area contributed by atoms with Crippen molar-refractivity contribution in [2.24, 2.45) is 5.92 Å². The van der Waals surface area contributed by atoms with E-state index in [1.54, 1.807) is 0 Å². The second kappa shape index (κ2) is 7.02. The van der Waals surface area contributed by atoms with Crippen LogP contribution in [0.25, 0.3) is 0 Å². The second-order valence-electron chi connectivity index (χ2n) is 5.92. The lowest BCUT2D eigenvalue weighted by molar-refractivity contribution is 0.120. The van der Waals surface area contributed by atoms with Gasteiger partial charge in [-0.3, -0.25) is 0 Å². The van der Waals surface area contributed by atoms with Gasteiger partial charge in [0.2, 0.25) is 10.0 Å². The van der Waals surface area contributed by atoms with Crippen LogP contribution in [0.1, 0.15) is 44.9 Å². The predicted molar refractivity (Wildman–Crippen MR) is 75.4 cm³/mol. The van der Waals surface area contributed by atoms with Crippen LogP contribution in [0, 0.1) is 5.92 Å². The summed E-state index contributed by atoms with van der Waals surface area (Å²) in [6, 6.07) is 0.0291. The molecule has 19 heavy (non-hydrogen) atoms. The maximum absolute atomic E-state index is 12.0. The molecule has 2 rings (SSSR count). The summed E-state index contributed by atoms with van der Waals surface area (Å²) in [5.41, 5.74) is 0. The van der Waals surface area contributed by atoms with E-state index in [1.807, 2.05) is 0 Å². The second-order valence-corrected chi connectivity index (χ2v) is 7.80. The number of aliphatic hydroxyl groups excluding tert-OH is 1. The fraction of sp³-hybridized carbons (Fsp3) is 1.00. The zero-order valence-corrected chi connectivity index (χ0v) is 12.3. The molecular weight excluding hydrogens is 264 g/mol. The van der Waals surface area contributed by atoms with Gasteiger partial charge in [0.05, 0.1) is 11.9 Å². The Morgan fingerprint density at radius 1 is 1.05 bits per heavy atom. The van der Waals surface area contributed by atoms with Crippen molar-refractivity contribution in [2.75, 3.05) is 18.8 Å². The summed E-state index contributed by atoms with van der Waals surface area (Å²) >= 11 is 0. The van der Waals surface area contributed by atoms with Crippen LogP contribution < -0.4 is 10.0 Å². The van der Waals surface area contributed by atoms with E-state index in [4.69, 9.17) is 0 Å². The zero-order valence-electron chi connectivity index (χ0n) is 11.5. The lowest BCUT2D eigenvalue weighted by Crippen LogP contribution is -2.40. The van der Waals surface area contributed by atoms with Gasteiger partial charge < -0.3 is 10.4 Å². The number of piperidine rings is 1. The third-order valence-corrected chi connectivity index (χ3v) is 5.76. The summed E-state index contributed by atoms with van der Waals surface area (Å²) in [4.78, 5) is 0. The highest BCUT2D eigenvalue weighted by Crippen LogP contribution is 2.20. The van der Waals surface area contributed by atoms with E-state index in [2.05, 4.69) is 10.0 Å². The van der Waals surface area contributed by atoms with E-state index in [0.29, 0.717) is 18.8 Å². The molecule has 0 unspecified atom stereocenters. The fourth-order valence-corrected chi connectivity index (χ4v) is 4.50. The van der Waals surface area contributed by atoms with E-state index in [9.17, 15) is 13.5 Å². The van der Waals surface area contributed by atoms with E-state index >= 15 is 0 Å². The van der Waals surface area contributed by atoms with Crippen LogP contribution in [0.15, 0.2) is 0 Å². The first-order valence-electron chi connectivity index (χ1n) is 7.44. The minimum Gasteiger partial charge on any atom is -0.393 e. The molecular formula is C13H26N2O3S. The van der Waals surface area contributed by atoms with Crippen LogP contribution in [-0.2, 0) is 10.0 Å². The van der Waals surface area contributed by atoms with Gasteiger partial charge in [-0.1, -0.05) is 0 Å². The topological polar surface area (TPSA) is 78.4 Å². The molecule has 5 nitrogen and oxygen atoms in total. The van der Waals surface area contributed by atoms with Gasteiger partial charge in [0, 0.05) is 6.04 Å². The minimum atomic E-state index is -3.15. The van der Waals surface area contributed by atoms with Crippen LogP contribution in [0.2, 0.25) is 0 Å². The molecule has 1 heterocycles. The van der Waals surface area contributed by atoms with Gasteiger partial charge in [0.15, 0.2) is 0 Å². The lowest BCUT2D eigenvalue weighted by atomic mass is 9.94. The number of rotatable bonds is 5. The smallest absolute Gasteiger partial charge is 0.211 e. The first kappa shape index (κ1) is 15.2. The molecule has 112 valence electrons. The van der Waals surface area contributed by atoms with E-state index < -0.39 is 10.0 Å². The molecule has 0 atom stereocenters. The van der Waals surface area contributed by atoms with Crippen molar-refractivity contribution >= 4 is 10.0 Å². The van der Waals surface area contributed by atoms with E-state index in [1.165, 1.54) is 0 Å². The van der Waals surface area contributed by atoms with Crippen LogP contribution in [0.3, 0.4) is 0 Å². The minimum absolute atomic E-state index is 0.0291. The molecule has 3 N–H and O–H groups in total. The van der Waals surface area contributed by atoms with Gasteiger partial charge in [-0.05, 0) is 64.0 Å². The van der Waals surface area contributed by atoms with Gasteiger partial charge in [0.25, 0.3) is 0 Å². The summed E-state index contributed by atoms with van der Waals surface area (Å²) in [6.45, 7) is 2.03. The lowest BCUT2D eigenvalue weighted by Gasteiger charge is -2.27. The number of hydrogen-bond acceptors (Lipinski definition) is 4. The highest BCUT2D eigenvalue weighted by molar-refractivity contribution is 7.89. The van der Waals surface area contributed by atoms with Crippen molar-refractivity contribution < 1.29 is 13.5 Å². The normalized spacial score (nSPS) is 30.4. The van der Waals surface area contributed by atoms with Crippen LogP contribution in [0.4, 0.5) is 0 Å². The molecule has 0 spiro atoms. The zero-order chi connectivity index (χ0) is 13.7. The third kappa shape index (κ3) is 5.38. The third-order valence-electron chi connectivity index (χ3n) is 4.30. The molecule has 0 aromatic carbocycles. The molecule has 0 aromatic rings. The summed E-state index contributed by atoms with van der Waals surface area (Å²) in [5, 5.41) is 12.7. The van der Waals surface area contributed by atoms with Crippen molar-refractivity contribution in [3.05, 3.63) is 0 Å². The molecule has 0 bridgehead atoms. The van der Waals surface area contributed by atoms with E-state index in [-0.39, 0.29) is 17.9 Å². The molecule has 1 aliphatic carbocycles. The maximum Gasteiger partial charge on any atom is 0.211 e. The fourth-order valence-electron chi connectivity index (χ4n) is 3.00. The van der Waals surface area contributed by atoms with Crippen molar-refractivity contribution in [3.63, 3.8) is 0 Å².